The van der Waals surface area contributed by atoms with E-state index in [1.54, 1.807) is 0 Å². The molecule has 0 aliphatic rings. The predicted octanol–water partition coefficient (Wildman–Crippen LogP) is 3.91. The fourth-order valence-corrected chi connectivity index (χ4v) is 1.97. The first-order chi connectivity index (χ1) is 7.57. The maximum Gasteiger partial charge on any atom is 0.0609 e. The maximum absolute atomic E-state index is 6.16. The van der Waals surface area contributed by atoms with Gasteiger partial charge in [0.15, 0.2) is 0 Å². The standard InChI is InChI=1S/C15H26N2/c1-14(2,3)10-8-11(15(4,5)6)13(17-7)12(16)9-10/h8-9,17H,16H2,1-7H3. The Hall–Kier alpha value is -1.18. The molecule has 1 rings (SSSR count). The van der Waals surface area contributed by atoms with Crippen LogP contribution in [0.15, 0.2) is 12.1 Å². The number of nitrogens with one attached hydrogen (secondary N) is 1. The molecule has 17 heavy (non-hydrogen) atoms. The van der Waals surface area contributed by atoms with Crippen molar-refractivity contribution in [3.8, 4) is 0 Å². The van der Waals surface area contributed by atoms with Crippen molar-refractivity contribution in [2.24, 2.45) is 0 Å². The monoisotopic (exact) mass is 234 g/mol. The first-order valence-electron chi connectivity index (χ1n) is 6.19. The van der Waals surface area contributed by atoms with Crippen LogP contribution in [0.3, 0.4) is 0 Å². The molecule has 1 aromatic carbocycles. The third-order valence-electron chi connectivity index (χ3n) is 3.09. The third kappa shape index (κ3) is 2.93. The molecule has 0 aromatic heterocycles. The Morgan fingerprint density at radius 3 is 1.82 bits per heavy atom. The first-order valence-corrected chi connectivity index (χ1v) is 6.19. The molecule has 0 heterocycles. The summed E-state index contributed by atoms with van der Waals surface area (Å²) in [5.41, 5.74) is 10.9. The molecule has 0 atom stereocenters. The van der Waals surface area contributed by atoms with Gasteiger partial charge in [0.2, 0.25) is 0 Å². The molecule has 0 amide bonds. The molecule has 0 bridgehead atoms. The average molecular weight is 234 g/mol. The van der Waals surface area contributed by atoms with Crippen LogP contribution in [-0.4, -0.2) is 7.05 Å². The minimum Gasteiger partial charge on any atom is -0.397 e. The highest BCUT2D eigenvalue weighted by Gasteiger charge is 2.23. The number of hydrogen-bond acceptors (Lipinski definition) is 2. The van der Waals surface area contributed by atoms with Crippen LogP contribution in [0.1, 0.15) is 52.7 Å². The first kappa shape index (κ1) is 13.9. The molecular formula is C15H26N2. The minimum absolute atomic E-state index is 0.0910. The molecule has 3 N–H and O–H groups in total. The Balaban J connectivity index is 3.51. The summed E-state index contributed by atoms with van der Waals surface area (Å²) in [4.78, 5) is 0. The Morgan fingerprint density at radius 2 is 1.47 bits per heavy atom. The van der Waals surface area contributed by atoms with Crippen LogP contribution in [0.2, 0.25) is 0 Å². The quantitative estimate of drug-likeness (QED) is 0.723. The van der Waals surface area contributed by atoms with Crippen LogP contribution >= 0.6 is 0 Å². The van der Waals surface area contributed by atoms with E-state index in [4.69, 9.17) is 5.73 Å². The van der Waals surface area contributed by atoms with Gasteiger partial charge in [0, 0.05) is 7.05 Å². The lowest BCUT2D eigenvalue weighted by Gasteiger charge is -2.28. The summed E-state index contributed by atoms with van der Waals surface area (Å²) in [5, 5.41) is 3.22. The van der Waals surface area contributed by atoms with Crippen molar-refractivity contribution in [2.45, 2.75) is 52.4 Å². The lowest BCUT2D eigenvalue weighted by atomic mass is 9.79. The van der Waals surface area contributed by atoms with E-state index < -0.39 is 0 Å². The van der Waals surface area contributed by atoms with Gasteiger partial charge in [-0.15, -0.1) is 0 Å². The zero-order valence-corrected chi connectivity index (χ0v) is 12.2. The van der Waals surface area contributed by atoms with Crippen LogP contribution in [0, 0.1) is 0 Å². The van der Waals surface area contributed by atoms with Crippen molar-refractivity contribution in [3.63, 3.8) is 0 Å². The Kier molecular flexibility index (Phi) is 3.47. The van der Waals surface area contributed by atoms with Gasteiger partial charge in [-0.05, 0) is 28.0 Å². The van der Waals surface area contributed by atoms with Crippen molar-refractivity contribution >= 4 is 11.4 Å². The molecule has 0 aliphatic heterocycles. The number of hydrogen-bond donors (Lipinski definition) is 2. The van der Waals surface area contributed by atoms with E-state index in [2.05, 4.69) is 59.0 Å². The zero-order valence-electron chi connectivity index (χ0n) is 12.2. The molecule has 1 aromatic rings. The number of nitrogen functional groups attached to an aromatic ring is 1. The number of nitrogens with two attached hydrogens (primary N) is 1. The topological polar surface area (TPSA) is 38.0 Å². The minimum atomic E-state index is 0.0910. The van der Waals surface area contributed by atoms with Gasteiger partial charge in [-0.1, -0.05) is 47.6 Å². The molecule has 0 radical (unpaired) electrons. The zero-order chi connectivity index (χ0) is 13.4. The molecule has 0 saturated heterocycles. The second kappa shape index (κ2) is 4.25. The molecule has 2 nitrogen and oxygen atoms in total. The molecular weight excluding hydrogens is 208 g/mol. The number of anilines is 2. The lowest BCUT2D eigenvalue weighted by molar-refractivity contribution is 0.570. The third-order valence-corrected chi connectivity index (χ3v) is 3.09. The second-order valence-electron chi connectivity index (χ2n) is 6.74. The van der Waals surface area contributed by atoms with Crippen LogP contribution < -0.4 is 11.1 Å². The lowest BCUT2D eigenvalue weighted by Crippen LogP contribution is -2.19. The summed E-state index contributed by atoms with van der Waals surface area (Å²) in [5.74, 6) is 0. The molecule has 0 spiro atoms. The fraction of sp³-hybridized carbons (Fsp3) is 0.600. The van der Waals surface area contributed by atoms with Gasteiger partial charge in [-0.2, -0.15) is 0 Å². The van der Waals surface area contributed by atoms with Crippen LogP contribution in [0.5, 0.6) is 0 Å². The number of benzene rings is 1. The van der Waals surface area contributed by atoms with E-state index in [9.17, 15) is 0 Å². The Morgan fingerprint density at radius 1 is 0.941 bits per heavy atom. The molecule has 2 heteroatoms. The van der Waals surface area contributed by atoms with Gasteiger partial charge in [0.1, 0.15) is 0 Å². The van der Waals surface area contributed by atoms with Gasteiger partial charge in [-0.3, -0.25) is 0 Å². The van der Waals surface area contributed by atoms with Gasteiger partial charge in [0.05, 0.1) is 11.4 Å². The van der Waals surface area contributed by atoms with Crippen molar-refractivity contribution < 1.29 is 0 Å². The number of rotatable bonds is 1. The summed E-state index contributed by atoms with van der Waals surface area (Å²) < 4.78 is 0. The average Bonchev–Trinajstić information content (AvgIpc) is 2.13. The summed E-state index contributed by atoms with van der Waals surface area (Å²) in [6.45, 7) is 13.3. The van der Waals surface area contributed by atoms with Gasteiger partial charge < -0.3 is 11.1 Å². The van der Waals surface area contributed by atoms with E-state index >= 15 is 0 Å². The van der Waals surface area contributed by atoms with E-state index in [1.807, 2.05) is 7.05 Å². The normalized spacial score (nSPS) is 12.6. The molecule has 0 fully saturated rings. The van der Waals surface area contributed by atoms with Crippen molar-refractivity contribution in [2.75, 3.05) is 18.1 Å². The van der Waals surface area contributed by atoms with Gasteiger partial charge in [0.25, 0.3) is 0 Å². The summed E-state index contributed by atoms with van der Waals surface area (Å²) in [6, 6.07) is 4.36. The maximum atomic E-state index is 6.16. The summed E-state index contributed by atoms with van der Waals surface area (Å²) >= 11 is 0. The van der Waals surface area contributed by atoms with Crippen LogP contribution in [0.25, 0.3) is 0 Å². The second-order valence-corrected chi connectivity index (χ2v) is 6.74. The summed E-state index contributed by atoms with van der Waals surface area (Å²) in [6.07, 6.45) is 0. The Labute approximate surface area is 106 Å². The molecule has 0 unspecified atom stereocenters. The van der Waals surface area contributed by atoms with Crippen molar-refractivity contribution in [1.29, 1.82) is 0 Å². The predicted molar refractivity (Wildman–Crippen MR) is 77.8 cm³/mol. The smallest absolute Gasteiger partial charge is 0.0609 e. The molecule has 0 saturated carbocycles. The SMILES string of the molecule is CNc1c(N)cc(C(C)(C)C)cc1C(C)(C)C. The largest absolute Gasteiger partial charge is 0.397 e. The van der Waals surface area contributed by atoms with E-state index in [-0.39, 0.29) is 10.8 Å². The van der Waals surface area contributed by atoms with Crippen molar-refractivity contribution in [3.05, 3.63) is 23.3 Å². The van der Waals surface area contributed by atoms with E-state index in [1.165, 1.54) is 11.1 Å². The van der Waals surface area contributed by atoms with Crippen LogP contribution in [0.4, 0.5) is 11.4 Å². The highest BCUT2D eigenvalue weighted by molar-refractivity contribution is 5.73. The van der Waals surface area contributed by atoms with Gasteiger partial charge >= 0.3 is 0 Å². The summed E-state index contributed by atoms with van der Waals surface area (Å²) in [7, 11) is 1.93. The Bertz CT molecular complexity index is 406. The fourth-order valence-electron chi connectivity index (χ4n) is 1.97. The molecule has 0 aliphatic carbocycles. The van der Waals surface area contributed by atoms with Gasteiger partial charge in [-0.25, -0.2) is 0 Å². The van der Waals surface area contributed by atoms with Crippen LogP contribution in [-0.2, 0) is 10.8 Å². The highest BCUT2D eigenvalue weighted by Crippen LogP contribution is 2.37. The van der Waals surface area contributed by atoms with E-state index in [0.29, 0.717) is 0 Å². The highest BCUT2D eigenvalue weighted by atomic mass is 14.9. The van der Waals surface area contributed by atoms with Crippen molar-refractivity contribution in [1.82, 2.24) is 0 Å². The molecule has 96 valence electrons. The van der Waals surface area contributed by atoms with E-state index in [0.717, 1.165) is 11.4 Å².